The molecule has 0 aromatic heterocycles. The van der Waals surface area contributed by atoms with Gasteiger partial charge >= 0.3 is 0 Å². The second kappa shape index (κ2) is 18.5. The van der Waals surface area contributed by atoms with E-state index < -0.39 is 53.7 Å². The van der Waals surface area contributed by atoms with Crippen LogP contribution in [0.4, 0.5) is 0 Å². The van der Waals surface area contributed by atoms with Crippen LogP contribution in [-0.2, 0) is 36.8 Å². The summed E-state index contributed by atoms with van der Waals surface area (Å²) in [5.41, 5.74) is 23.7. The summed E-state index contributed by atoms with van der Waals surface area (Å²) >= 11 is 2.16. The van der Waals surface area contributed by atoms with E-state index >= 15 is 0 Å². The molecule has 0 fully saturated rings. The molecule has 5 amide bonds. The van der Waals surface area contributed by atoms with Gasteiger partial charge in [0.15, 0.2) is 5.96 Å². The van der Waals surface area contributed by atoms with E-state index in [9.17, 15) is 24.0 Å². The highest BCUT2D eigenvalue weighted by Crippen LogP contribution is 2.17. The zero-order chi connectivity index (χ0) is 35.2. The Morgan fingerprint density at radius 1 is 0.708 bits per heavy atom. The van der Waals surface area contributed by atoms with Crippen molar-refractivity contribution in [2.24, 2.45) is 27.9 Å². The van der Waals surface area contributed by atoms with Crippen LogP contribution in [0.5, 0.6) is 0 Å². The predicted octanol–water partition coefficient (Wildman–Crippen LogP) is -0.314. The first kappa shape index (κ1) is 37.7. The maximum atomic E-state index is 13.6. The van der Waals surface area contributed by atoms with Gasteiger partial charge in [-0.3, -0.25) is 29.0 Å². The molecule has 12 N–H and O–H groups in total. The molecule has 0 radical (unpaired) electrons. The zero-order valence-corrected chi connectivity index (χ0v) is 28.7. The molecule has 48 heavy (non-hydrogen) atoms. The standard InChI is InChI=1S/C33H42IN9O5/c1-19(44)40-26(16-20-9-12-24(34)13-10-20)30(46)43-28(18-35)32(48)42-27(17-21-8-11-22-5-2-3-6-23(22)15-21)31(47)41-25(29(36)45)7-4-14-39-33(37)38/h2-3,5-6,8-13,15,25-28H,4,7,14,16-18,35H2,1H3,(H2,36,45)(H,40,44)(H,41,47)(H,42,48)(H,43,46)(H4,37,38,39)/t25-,26+,27-,28-/m0/s1. The quantitative estimate of drug-likeness (QED) is 0.0390. The molecule has 3 aromatic rings. The van der Waals surface area contributed by atoms with Crippen LogP contribution in [0.1, 0.15) is 30.9 Å². The van der Waals surface area contributed by atoms with E-state index in [0.717, 1.165) is 25.5 Å². The lowest BCUT2D eigenvalue weighted by atomic mass is 10.00. The highest BCUT2D eigenvalue weighted by Gasteiger charge is 2.30. The minimum atomic E-state index is -1.25. The summed E-state index contributed by atoms with van der Waals surface area (Å²) in [6.07, 6.45) is 0.730. The van der Waals surface area contributed by atoms with Gasteiger partial charge in [0, 0.05) is 36.4 Å². The Morgan fingerprint density at radius 2 is 1.25 bits per heavy atom. The van der Waals surface area contributed by atoms with Gasteiger partial charge in [-0.1, -0.05) is 54.6 Å². The Labute approximate surface area is 292 Å². The number of hydrogen-bond acceptors (Lipinski definition) is 7. The lowest BCUT2D eigenvalue weighted by Gasteiger charge is -2.26. The first-order valence-electron chi connectivity index (χ1n) is 15.3. The van der Waals surface area contributed by atoms with Crippen molar-refractivity contribution in [2.75, 3.05) is 13.1 Å². The van der Waals surface area contributed by atoms with E-state index in [0.29, 0.717) is 6.42 Å². The maximum Gasteiger partial charge on any atom is 0.244 e. The molecule has 0 aliphatic carbocycles. The van der Waals surface area contributed by atoms with Crippen LogP contribution >= 0.6 is 22.6 Å². The number of carbonyl (C=O) groups is 5. The number of nitrogens with one attached hydrogen (secondary N) is 4. The Balaban J connectivity index is 1.80. The Bertz CT molecular complexity index is 1630. The Morgan fingerprint density at radius 3 is 1.85 bits per heavy atom. The highest BCUT2D eigenvalue weighted by molar-refractivity contribution is 14.1. The van der Waals surface area contributed by atoms with Crippen molar-refractivity contribution in [1.29, 1.82) is 0 Å². The summed E-state index contributed by atoms with van der Waals surface area (Å²) in [6.45, 7) is 1.21. The number of guanidine groups is 1. The molecular weight excluding hydrogens is 729 g/mol. The predicted molar refractivity (Wildman–Crippen MR) is 192 cm³/mol. The number of rotatable bonds is 17. The van der Waals surface area contributed by atoms with Crippen molar-refractivity contribution in [3.8, 4) is 0 Å². The van der Waals surface area contributed by atoms with Gasteiger partial charge in [-0.15, -0.1) is 0 Å². The van der Waals surface area contributed by atoms with E-state index in [1.54, 1.807) is 0 Å². The van der Waals surface area contributed by atoms with Crippen LogP contribution in [0.2, 0.25) is 0 Å². The Kier molecular flexibility index (Phi) is 14.6. The molecule has 0 unspecified atom stereocenters. The number of nitrogens with two attached hydrogens (primary N) is 4. The first-order chi connectivity index (χ1) is 22.9. The number of aliphatic imine (C=N–C) groups is 1. The lowest BCUT2D eigenvalue weighted by molar-refractivity contribution is -0.134. The molecule has 3 rings (SSSR count). The second-order valence-corrected chi connectivity index (χ2v) is 12.5. The van der Waals surface area contributed by atoms with Gasteiger partial charge < -0.3 is 44.2 Å². The van der Waals surface area contributed by atoms with Crippen molar-refractivity contribution in [3.05, 3.63) is 81.4 Å². The minimum Gasteiger partial charge on any atom is -0.370 e. The molecular formula is C33H42IN9O5. The molecule has 0 saturated carbocycles. The van der Waals surface area contributed by atoms with Gasteiger partial charge in [0.05, 0.1) is 0 Å². The van der Waals surface area contributed by atoms with Crippen molar-refractivity contribution >= 4 is 68.9 Å². The summed E-state index contributed by atoms with van der Waals surface area (Å²) < 4.78 is 1.01. The lowest BCUT2D eigenvalue weighted by Crippen LogP contribution is -2.60. The fraction of sp³-hybridized carbons (Fsp3) is 0.333. The monoisotopic (exact) mass is 771 g/mol. The van der Waals surface area contributed by atoms with Crippen molar-refractivity contribution in [1.82, 2.24) is 21.3 Å². The smallest absolute Gasteiger partial charge is 0.244 e. The number of primary amides is 1. The normalized spacial score (nSPS) is 13.3. The van der Waals surface area contributed by atoms with Gasteiger partial charge in [-0.25, -0.2) is 0 Å². The molecule has 0 heterocycles. The number of amides is 5. The van der Waals surface area contributed by atoms with Crippen molar-refractivity contribution in [3.63, 3.8) is 0 Å². The zero-order valence-electron chi connectivity index (χ0n) is 26.6. The molecule has 15 heteroatoms. The van der Waals surface area contributed by atoms with Crippen molar-refractivity contribution in [2.45, 2.75) is 56.8 Å². The average molecular weight is 772 g/mol. The molecule has 0 aliphatic rings. The van der Waals surface area contributed by atoms with E-state index in [-0.39, 0.29) is 38.3 Å². The summed E-state index contributed by atoms with van der Waals surface area (Å²) in [7, 11) is 0. The highest BCUT2D eigenvalue weighted by atomic mass is 127. The fourth-order valence-electron chi connectivity index (χ4n) is 4.96. The third-order valence-electron chi connectivity index (χ3n) is 7.41. The molecule has 0 bridgehead atoms. The summed E-state index contributed by atoms with van der Waals surface area (Å²) in [5, 5.41) is 12.5. The fourth-order valence-corrected chi connectivity index (χ4v) is 5.32. The van der Waals surface area contributed by atoms with Crippen LogP contribution < -0.4 is 44.2 Å². The summed E-state index contributed by atoms with van der Waals surface area (Å²) in [6, 6.07) is 16.3. The third-order valence-corrected chi connectivity index (χ3v) is 8.13. The van der Waals surface area contributed by atoms with E-state index in [4.69, 9.17) is 22.9 Å². The van der Waals surface area contributed by atoms with Crippen LogP contribution in [0.3, 0.4) is 0 Å². The van der Waals surface area contributed by atoms with E-state index in [1.165, 1.54) is 6.92 Å². The van der Waals surface area contributed by atoms with Crippen LogP contribution in [0, 0.1) is 3.57 Å². The Hall–Kier alpha value is -4.77. The summed E-state index contributed by atoms with van der Waals surface area (Å²) in [5.74, 6) is -3.32. The summed E-state index contributed by atoms with van der Waals surface area (Å²) in [4.78, 5) is 68.5. The first-order valence-corrected chi connectivity index (χ1v) is 16.4. The van der Waals surface area contributed by atoms with E-state index in [2.05, 4.69) is 48.9 Å². The number of carbonyl (C=O) groups excluding carboxylic acids is 5. The largest absolute Gasteiger partial charge is 0.370 e. The number of fused-ring (bicyclic) bond motifs is 1. The van der Waals surface area contributed by atoms with Crippen LogP contribution in [0.25, 0.3) is 10.8 Å². The molecule has 0 spiro atoms. The second-order valence-electron chi connectivity index (χ2n) is 11.2. The molecule has 0 saturated heterocycles. The van der Waals surface area contributed by atoms with Crippen LogP contribution in [0.15, 0.2) is 71.7 Å². The number of benzene rings is 3. The number of halogens is 1. The molecule has 0 aliphatic heterocycles. The number of nitrogens with zero attached hydrogens (tertiary/aromatic N) is 1. The molecule has 14 nitrogen and oxygen atoms in total. The molecule has 3 aromatic carbocycles. The van der Waals surface area contributed by atoms with Gasteiger partial charge in [0.25, 0.3) is 0 Å². The van der Waals surface area contributed by atoms with Crippen molar-refractivity contribution < 1.29 is 24.0 Å². The maximum absolute atomic E-state index is 13.6. The van der Waals surface area contributed by atoms with Crippen LogP contribution in [-0.4, -0.2) is 72.8 Å². The topological polar surface area (TPSA) is 250 Å². The minimum absolute atomic E-state index is 0.0501. The van der Waals surface area contributed by atoms with Gasteiger partial charge in [0.2, 0.25) is 29.5 Å². The molecule has 256 valence electrons. The van der Waals surface area contributed by atoms with Gasteiger partial charge in [-0.05, 0) is 69.5 Å². The number of hydrogen-bond donors (Lipinski definition) is 8. The third kappa shape index (κ3) is 12.1. The van der Waals surface area contributed by atoms with Gasteiger partial charge in [-0.2, -0.15) is 0 Å². The van der Waals surface area contributed by atoms with E-state index in [1.807, 2.05) is 66.7 Å². The van der Waals surface area contributed by atoms with Gasteiger partial charge in [0.1, 0.15) is 24.2 Å². The average Bonchev–Trinajstić information content (AvgIpc) is 3.04. The SMILES string of the molecule is CC(=O)N[C@H](Cc1ccc(I)cc1)C(=O)N[C@@H](CN)C(=O)N[C@@H](Cc1ccc2ccccc2c1)C(=O)N[C@@H](CCCN=C(N)N)C(N)=O. The molecule has 4 atom stereocenters.